The maximum atomic E-state index is 15.7. The first kappa shape index (κ1) is 113. The van der Waals surface area contributed by atoms with Crippen LogP contribution in [0.4, 0.5) is 29.4 Å². The summed E-state index contributed by atoms with van der Waals surface area (Å²) in [6.45, 7) is -25.6. The van der Waals surface area contributed by atoms with Gasteiger partial charge in [-0.15, -0.1) is 0 Å². The van der Waals surface area contributed by atoms with Crippen LogP contribution < -0.4 is 56.7 Å². The number of H-pyrrole nitrogens is 3. The monoisotopic (exact) mass is 2280 g/mol. The third-order valence-corrected chi connectivity index (χ3v) is 31.9. The summed E-state index contributed by atoms with van der Waals surface area (Å²) in [4.78, 5) is 172. The lowest BCUT2D eigenvalue weighted by Gasteiger charge is -2.31. The molecule has 6 aliphatic rings. The number of methoxy groups -OCH3 is 5. The Morgan fingerprint density at radius 1 is 0.399 bits per heavy atom. The van der Waals surface area contributed by atoms with Gasteiger partial charge in [-0.1, -0.05) is 19.2 Å². The fourth-order valence-corrected chi connectivity index (χ4v) is 24.4. The Morgan fingerprint density at radius 2 is 0.757 bits per heavy atom. The molecule has 0 spiro atoms. The number of aromatic amines is 3. The van der Waals surface area contributed by atoms with Gasteiger partial charge in [0.25, 0.3) is 16.7 Å². The van der Waals surface area contributed by atoms with Gasteiger partial charge in [-0.25, -0.2) is 54.0 Å². The molecule has 16 heterocycles. The average molecular weight is 2280 g/mol. The van der Waals surface area contributed by atoms with E-state index in [2.05, 4.69) is 82.0 Å². The number of nitrogens with two attached hydrogens (primary N) is 5. The van der Waals surface area contributed by atoms with E-state index in [0.29, 0.717) is 23.1 Å². The van der Waals surface area contributed by atoms with E-state index >= 15 is 4.57 Å². The van der Waals surface area contributed by atoms with Gasteiger partial charge in [0.05, 0.1) is 137 Å². The average Bonchev–Trinajstić information content (AvgIpc) is 1.59. The summed E-state index contributed by atoms with van der Waals surface area (Å²) in [5, 5.41) is 11.9. The highest BCUT2D eigenvalue weighted by atomic mass is 32.7. The number of aryl methyl sites for hydroxylation is 2. The molecular weight excluding hydrogens is 2170 g/mol. The van der Waals surface area contributed by atoms with Crippen molar-refractivity contribution in [1.82, 2.24) is 97.2 Å². The number of aromatic nitrogens is 20. The molecule has 0 aromatic carbocycles. The Balaban J connectivity index is 0.693. The summed E-state index contributed by atoms with van der Waals surface area (Å²) in [5.41, 5.74) is 26.7. The number of aliphatic hydroxyl groups excluding tert-OH is 1. The number of hydrogen-bond acceptors (Lipinski definition) is 53. The summed E-state index contributed by atoms with van der Waals surface area (Å²) in [6, 6.07) is 0. The molecule has 6 aliphatic heterocycles. The van der Waals surface area contributed by atoms with Crippen LogP contribution >= 0.6 is 45.9 Å². The Labute approximate surface area is 861 Å². The highest BCUT2D eigenvalue weighted by Gasteiger charge is 2.58. The molecule has 72 heteroatoms. The number of thiol groups is 1. The minimum Gasteiger partial charge on any atom is -0.387 e. The number of nitrogen functional groups attached to an aromatic ring is 5. The minimum absolute atomic E-state index is 0.0227. The second-order valence-electron chi connectivity index (χ2n) is 33.7. The molecule has 28 atom stereocenters. The molecule has 10 unspecified atom stereocenters. The summed E-state index contributed by atoms with van der Waals surface area (Å²) >= 11 is 27.8. The zero-order chi connectivity index (χ0) is 106. The molecule has 0 bridgehead atoms. The fourth-order valence-electron chi connectivity index (χ4n) is 17.1. The van der Waals surface area contributed by atoms with Gasteiger partial charge in [0, 0.05) is 65.5 Å². The fraction of sp³-hybridized carbons (Fsp3) is 0.632. The number of nitrogens with zero attached hydrogens (tertiary/aromatic N) is 17. The van der Waals surface area contributed by atoms with Crippen LogP contribution in [-0.2, 0) is 173 Å². The second-order valence-corrected chi connectivity index (χ2v) is 47.7. The van der Waals surface area contributed by atoms with Crippen molar-refractivity contribution >= 4 is 167 Å². The van der Waals surface area contributed by atoms with Crippen molar-refractivity contribution in [1.29, 1.82) is 0 Å². The van der Waals surface area contributed by atoms with Crippen LogP contribution in [0.15, 0.2) is 74.3 Å². The number of nitrogens with one attached hydrogen (secondary N) is 3. The first-order valence-electron chi connectivity index (χ1n) is 45.0. The maximum Gasteiger partial charge on any atom is 0.386 e. The molecule has 814 valence electrons. The van der Waals surface area contributed by atoms with E-state index in [-0.39, 0.29) is 141 Å². The Morgan fingerprint density at radius 3 is 1.19 bits per heavy atom. The van der Waals surface area contributed by atoms with Gasteiger partial charge in [0.2, 0.25) is 11.9 Å². The Bertz CT molecular complexity index is 6920. The Kier molecular flexibility index (Phi) is 37.0. The van der Waals surface area contributed by atoms with Crippen LogP contribution in [0.5, 0.6) is 0 Å². The van der Waals surface area contributed by atoms with Gasteiger partial charge in [-0.3, -0.25) is 79.4 Å². The topological polar surface area (TPSA) is 792 Å². The van der Waals surface area contributed by atoms with Gasteiger partial charge >= 0.3 is 45.1 Å². The molecule has 10 aromatic rings. The van der Waals surface area contributed by atoms with Crippen molar-refractivity contribution in [2.75, 3.05) is 163 Å². The van der Waals surface area contributed by atoms with Gasteiger partial charge in [-0.2, -0.15) is 15.0 Å². The standard InChI is InChI=1S/C76H108N25O37P5S5/c1-9-36-37(20-43(128-36)98-30-86-44-59(78)82-28-84-61(44)98)134-139(108,144)124-24-40-50(55(120-17-12-115-6)70(131-40)99-31-87-45-60(79)83-29-85-62(45)99)137-143(112,148)127-27-42-52(57(122-19-14-117-8)72(133-42)101-33-89-47-64(101)92-74(81)94-67(47)105)138-142(111,147)125-25-39-49(54(119-16-11-114-5)69(130-39)97-22-35(3)65(103)95-76(97)107)135-141(110,146)126-26-41-51(56(121-18-13-116-7)71(132-41)100-32-88-46-63(100)91-73(80)93-66(46)104)136-140(109,145)123-23-38-48(102)53(118-15-10-113-4)68(129-38)96-21-34(2)58(77)90-75(96)106/h21-22,28-33,36-43,48-57,68-72,102H,9-20,23-27H2,1-8H3,(H,108,144)(H,109,145)(H,110,146)(H,111,147)(H,112,148)(H2,77,90,106)(H2,78,82,84)(H2,79,83,85)(H,95,103,107)(H3,80,91,93,104)(H3,81,92,94,105)/t36-,37-,38-,39-,40-,41-,42-,43-,48+,49+,50+,51+,52+,53?,54?,55?,56?,57?,68-,69-,70-,71-,72-,139?,140?,141?,142?,143?/m1/s1. The van der Waals surface area contributed by atoms with Gasteiger partial charge in [0.15, 0.2) is 76.4 Å². The number of aliphatic hydroxyl groups is 1. The van der Waals surface area contributed by atoms with E-state index in [9.17, 15) is 48.7 Å². The molecule has 18 N–H and O–H groups in total. The number of anilines is 5. The predicted molar refractivity (Wildman–Crippen MR) is 527 cm³/mol. The third kappa shape index (κ3) is 25.7. The van der Waals surface area contributed by atoms with Crippen LogP contribution in [0.25, 0.3) is 44.7 Å². The number of imidazole rings is 4. The van der Waals surface area contributed by atoms with Crippen molar-refractivity contribution in [3.63, 3.8) is 0 Å². The Hall–Kier alpha value is -7.70. The quantitative estimate of drug-likeness (QED) is 0.0122. The van der Waals surface area contributed by atoms with E-state index in [4.69, 9.17) is 197 Å². The minimum atomic E-state index is -5.09. The van der Waals surface area contributed by atoms with E-state index in [1.165, 1.54) is 87.7 Å². The van der Waals surface area contributed by atoms with Crippen molar-refractivity contribution in [3.05, 3.63) is 114 Å². The molecule has 0 saturated carbocycles. The summed E-state index contributed by atoms with van der Waals surface area (Å²) in [7, 11) is 6.88. The summed E-state index contributed by atoms with van der Waals surface area (Å²) < 4.78 is 184. The summed E-state index contributed by atoms with van der Waals surface area (Å²) in [5.74, 6) is -0.715. The van der Waals surface area contributed by atoms with Crippen molar-refractivity contribution in [2.45, 2.75) is 175 Å². The highest BCUT2D eigenvalue weighted by Crippen LogP contribution is 2.61. The van der Waals surface area contributed by atoms with Crippen molar-refractivity contribution in [3.8, 4) is 0 Å². The lowest BCUT2D eigenvalue weighted by molar-refractivity contribution is -0.0830. The molecule has 16 rings (SSSR count). The van der Waals surface area contributed by atoms with Crippen LogP contribution in [0, 0.1) is 13.8 Å². The molecule has 10 aromatic heterocycles. The smallest absolute Gasteiger partial charge is 0.386 e. The van der Waals surface area contributed by atoms with Crippen molar-refractivity contribution in [2.24, 2.45) is 0 Å². The van der Waals surface area contributed by atoms with E-state index in [0.717, 1.165) is 28.0 Å². The van der Waals surface area contributed by atoms with Gasteiger partial charge < -0.3 is 152 Å². The lowest BCUT2D eigenvalue weighted by Crippen LogP contribution is -2.42. The number of hydrogen-bond donors (Lipinski definition) is 14. The van der Waals surface area contributed by atoms with Crippen LogP contribution in [0.1, 0.15) is 68.3 Å². The zero-order valence-electron chi connectivity index (χ0n) is 79.5. The van der Waals surface area contributed by atoms with Gasteiger partial charge in [0.1, 0.15) is 127 Å². The van der Waals surface area contributed by atoms with E-state index < -0.39 is 236 Å². The maximum absolute atomic E-state index is 15.7. The van der Waals surface area contributed by atoms with Crippen LogP contribution in [-0.4, -0.2) is 360 Å². The van der Waals surface area contributed by atoms with Crippen molar-refractivity contribution < 1.29 is 150 Å². The first-order valence-corrected chi connectivity index (χ1v) is 58.1. The third-order valence-electron chi connectivity index (χ3n) is 24.0. The summed E-state index contributed by atoms with van der Waals surface area (Å²) in [6.07, 6.45) is -23.8. The number of ether oxygens (including phenoxy) is 16. The number of fused-ring (bicyclic) bond motifs is 4. The highest BCUT2D eigenvalue weighted by molar-refractivity contribution is 8.44. The van der Waals surface area contributed by atoms with Crippen LogP contribution in [0.3, 0.4) is 0 Å². The second kappa shape index (κ2) is 48.5. The SMILES string of the molecule is CC[C@H]1O[C@@H](n2cnc3c(N)ncnc32)C[C@H]1OP(O)(=S)OC[C@H]1O[C@@H](n2cnc3c(N)ncnc32)C(OCCOC)[C@H]1OP(=O)(S)OC[C@H]1O[C@@H](n2cnc3c(=O)[nH]c(N)nc32)C(OCCOC)[C@H]1OP(O)(=S)OC[C@H]1O[C@@H](n2cc(C)c(=O)[nH]c2=O)C(OCCOC)[C@H]1OP(O)(=S)OC[C@H]1O[C@@H](n2cnc3c(=O)[nH]c(N)nc32)C(OCCOC)[C@H]1OP(O)(=S)OC[C@H]1O[C@@H](n2cc(C)c(N)nc2=O)C(OCCOC)[C@H]1O. The number of rotatable bonds is 52. The molecule has 148 heavy (non-hydrogen) atoms. The molecular formula is C76H108N25O37P5S5. The molecule has 6 fully saturated rings. The van der Waals surface area contributed by atoms with Gasteiger partial charge in [-0.05, 0) is 67.5 Å². The molecule has 62 nitrogen and oxygen atoms in total. The van der Waals surface area contributed by atoms with E-state index in [1.807, 2.05) is 6.92 Å². The molecule has 0 aliphatic carbocycles. The predicted octanol–water partition coefficient (Wildman–Crippen LogP) is -1.11. The van der Waals surface area contributed by atoms with E-state index in [1.54, 1.807) is 11.5 Å². The zero-order valence-corrected chi connectivity index (χ0v) is 88.2. The molecule has 0 radical (unpaired) electrons. The lowest BCUT2D eigenvalue weighted by atomic mass is 10.1. The molecule has 0 amide bonds. The van der Waals surface area contributed by atoms with Crippen LogP contribution in [0.2, 0.25) is 0 Å². The molecule has 6 saturated heterocycles. The first-order chi connectivity index (χ1) is 70.6. The normalized spacial score (nSPS) is 28.9. The largest absolute Gasteiger partial charge is 0.387 e.